The standard InChI is InChI=1S/C22H29NO2/c1-2-25-20-16-12-11-15-19(20)23-22(24)21-17-13-9-7-5-3-4-6-8-10-14-18(17)21/h5-8,11-12,15-18,21H,2-4,9-10,13-14H2,1H3,(H,23,24)/b7-5-,8-6-/t17-,18-/m1/s1. The van der Waals surface area contributed by atoms with E-state index in [2.05, 4.69) is 29.6 Å². The van der Waals surface area contributed by atoms with E-state index in [1.165, 1.54) is 0 Å². The molecule has 25 heavy (non-hydrogen) atoms. The zero-order chi connectivity index (χ0) is 17.5. The number of allylic oxidation sites excluding steroid dienone is 4. The van der Waals surface area contributed by atoms with Crippen LogP contribution in [-0.4, -0.2) is 12.5 Å². The fourth-order valence-corrected chi connectivity index (χ4v) is 3.93. The van der Waals surface area contributed by atoms with Crippen molar-refractivity contribution in [2.24, 2.45) is 17.8 Å². The van der Waals surface area contributed by atoms with Crippen LogP contribution >= 0.6 is 0 Å². The van der Waals surface area contributed by atoms with E-state index in [1.807, 2.05) is 31.2 Å². The minimum Gasteiger partial charge on any atom is -0.492 e. The van der Waals surface area contributed by atoms with Crippen LogP contribution in [0, 0.1) is 17.8 Å². The van der Waals surface area contributed by atoms with Crippen LogP contribution in [0.25, 0.3) is 0 Å². The predicted octanol–water partition coefficient (Wildman–Crippen LogP) is 5.35. The van der Waals surface area contributed by atoms with E-state index in [4.69, 9.17) is 4.74 Å². The Morgan fingerprint density at radius 1 is 1.00 bits per heavy atom. The number of fused-ring (bicyclic) bond motifs is 1. The van der Waals surface area contributed by atoms with Crippen LogP contribution in [0.2, 0.25) is 0 Å². The molecule has 2 aliphatic carbocycles. The third kappa shape index (κ3) is 4.75. The Bertz CT molecular complexity index is 611. The first-order valence-corrected chi connectivity index (χ1v) is 9.64. The number of rotatable bonds is 4. The second-order valence-electron chi connectivity index (χ2n) is 6.95. The fourth-order valence-electron chi connectivity index (χ4n) is 3.93. The monoisotopic (exact) mass is 339 g/mol. The predicted molar refractivity (Wildman–Crippen MR) is 103 cm³/mol. The van der Waals surface area contributed by atoms with Crippen LogP contribution in [0.4, 0.5) is 5.69 Å². The number of hydrogen-bond acceptors (Lipinski definition) is 2. The third-order valence-electron chi connectivity index (χ3n) is 5.25. The van der Waals surface area contributed by atoms with Crippen molar-refractivity contribution in [2.75, 3.05) is 11.9 Å². The summed E-state index contributed by atoms with van der Waals surface area (Å²) in [5.41, 5.74) is 0.788. The SMILES string of the molecule is CCOc1ccccc1NC(=O)C1[C@@H]2CC/C=C\CC/C=C\CC[C@@H]12. The molecule has 1 fully saturated rings. The van der Waals surface area contributed by atoms with E-state index in [0.717, 1.165) is 50.0 Å². The number of nitrogens with one attached hydrogen (secondary N) is 1. The lowest BCUT2D eigenvalue weighted by Gasteiger charge is -2.11. The molecule has 134 valence electrons. The summed E-state index contributed by atoms with van der Waals surface area (Å²) < 4.78 is 5.62. The molecule has 1 amide bonds. The van der Waals surface area contributed by atoms with Crippen molar-refractivity contribution in [1.29, 1.82) is 0 Å². The van der Waals surface area contributed by atoms with Crippen molar-refractivity contribution < 1.29 is 9.53 Å². The van der Waals surface area contributed by atoms with Crippen molar-refractivity contribution in [3.05, 3.63) is 48.6 Å². The number of benzene rings is 1. The molecular formula is C22H29NO2. The third-order valence-corrected chi connectivity index (χ3v) is 5.25. The highest BCUT2D eigenvalue weighted by Crippen LogP contribution is 2.52. The van der Waals surface area contributed by atoms with Crippen molar-refractivity contribution >= 4 is 11.6 Å². The van der Waals surface area contributed by atoms with Gasteiger partial charge < -0.3 is 10.1 Å². The van der Waals surface area contributed by atoms with Gasteiger partial charge in [-0.05, 0) is 69.4 Å². The number of anilines is 1. The summed E-state index contributed by atoms with van der Waals surface area (Å²) in [5.74, 6) is 2.11. The lowest BCUT2D eigenvalue weighted by Crippen LogP contribution is -2.16. The molecule has 0 unspecified atom stereocenters. The molecule has 3 heteroatoms. The van der Waals surface area contributed by atoms with Crippen LogP contribution in [0.5, 0.6) is 5.75 Å². The summed E-state index contributed by atoms with van der Waals surface area (Å²) in [7, 11) is 0. The zero-order valence-corrected chi connectivity index (χ0v) is 15.1. The highest BCUT2D eigenvalue weighted by molar-refractivity contribution is 5.96. The summed E-state index contributed by atoms with van der Waals surface area (Å²) >= 11 is 0. The van der Waals surface area contributed by atoms with Gasteiger partial charge >= 0.3 is 0 Å². The normalized spacial score (nSPS) is 28.6. The molecule has 0 spiro atoms. The van der Waals surface area contributed by atoms with Crippen LogP contribution in [0.3, 0.4) is 0 Å². The summed E-state index contributed by atoms with van der Waals surface area (Å²) in [6, 6.07) is 7.70. The van der Waals surface area contributed by atoms with E-state index in [0.29, 0.717) is 18.4 Å². The second-order valence-corrected chi connectivity index (χ2v) is 6.95. The molecule has 2 aliphatic rings. The molecular weight excluding hydrogens is 310 g/mol. The molecule has 0 radical (unpaired) electrons. The van der Waals surface area contributed by atoms with E-state index in [1.54, 1.807) is 0 Å². The molecule has 3 rings (SSSR count). The lowest BCUT2D eigenvalue weighted by atomic mass is 10.1. The quantitative estimate of drug-likeness (QED) is 0.751. The average molecular weight is 339 g/mol. The highest BCUT2D eigenvalue weighted by Gasteiger charge is 2.52. The number of carbonyl (C=O) groups is 1. The van der Waals surface area contributed by atoms with Gasteiger partial charge in [-0.1, -0.05) is 36.4 Å². The Labute approximate surface area is 151 Å². The van der Waals surface area contributed by atoms with Crippen molar-refractivity contribution in [1.82, 2.24) is 0 Å². The van der Waals surface area contributed by atoms with Gasteiger partial charge in [0, 0.05) is 5.92 Å². The average Bonchev–Trinajstić information content (AvgIpc) is 3.29. The number of ether oxygens (including phenoxy) is 1. The molecule has 1 aromatic rings. The van der Waals surface area contributed by atoms with Gasteiger partial charge in [0.15, 0.2) is 0 Å². The molecule has 1 aromatic carbocycles. The van der Waals surface area contributed by atoms with E-state index in [-0.39, 0.29) is 11.8 Å². The Kier molecular flexibility index (Phi) is 6.32. The summed E-state index contributed by atoms with van der Waals surface area (Å²) in [6.45, 7) is 2.55. The van der Waals surface area contributed by atoms with Crippen molar-refractivity contribution in [2.45, 2.75) is 45.4 Å². The fraction of sp³-hybridized carbons (Fsp3) is 0.500. The van der Waals surface area contributed by atoms with Crippen LogP contribution in [-0.2, 0) is 4.79 Å². The van der Waals surface area contributed by atoms with E-state index >= 15 is 0 Å². The first kappa shape index (κ1) is 17.8. The largest absolute Gasteiger partial charge is 0.492 e. The van der Waals surface area contributed by atoms with Gasteiger partial charge in [0.2, 0.25) is 5.91 Å². The Balaban J connectivity index is 1.64. The van der Waals surface area contributed by atoms with Crippen molar-refractivity contribution in [3.8, 4) is 5.75 Å². The van der Waals surface area contributed by atoms with Crippen LogP contribution < -0.4 is 10.1 Å². The Morgan fingerprint density at radius 3 is 2.24 bits per heavy atom. The van der Waals surface area contributed by atoms with Gasteiger partial charge in [-0.2, -0.15) is 0 Å². The Morgan fingerprint density at radius 2 is 1.60 bits per heavy atom. The molecule has 2 atom stereocenters. The van der Waals surface area contributed by atoms with Gasteiger partial charge in [0.1, 0.15) is 5.75 Å². The lowest BCUT2D eigenvalue weighted by molar-refractivity contribution is -0.117. The van der Waals surface area contributed by atoms with Crippen LogP contribution in [0.1, 0.15) is 45.4 Å². The van der Waals surface area contributed by atoms with Gasteiger partial charge in [-0.25, -0.2) is 0 Å². The molecule has 0 aliphatic heterocycles. The summed E-state index contributed by atoms with van der Waals surface area (Å²) in [4.78, 5) is 12.8. The van der Waals surface area contributed by atoms with Gasteiger partial charge in [-0.3, -0.25) is 4.79 Å². The van der Waals surface area contributed by atoms with Crippen molar-refractivity contribution in [3.63, 3.8) is 0 Å². The minimum absolute atomic E-state index is 0.150. The number of para-hydroxylation sites is 2. The first-order valence-electron chi connectivity index (χ1n) is 9.64. The number of hydrogen-bond donors (Lipinski definition) is 1. The van der Waals surface area contributed by atoms with E-state index in [9.17, 15) is 4.79 Å². The highest BCUT2D eigenvalue weighted by atomic mass is 16.5. The molecule has 0 bridgehead atoms. The molecule has 1 saturated carbocycles. The zero-order valence-electron chi connectivity index (χ0n) is 15.1. The van der Waals surface area contributed by atoms with Gasteiger partial charge in [0.25, 0.3) is 0 Å². The maximum Gasteiger partial charge on any atom is 0.228 e. The molecule has 3 nitrogen and oxygen atoms in total. The van der Waals surface area contributed by atoms with Gasteiger partial charge in [-0.15, -0.1) is 0 Å². The second kappa shape index (κ2) is 8.89. The maximum absolute atomic E-state index is 12.8. The minimum atomic E-state index is 0.150. The molecule has 1 N–H and O–H groups in total. The van der Waals surface area contributed by atoms with E-state index < -0.39 is 0 Å². The molecule has 0 saturated heterocycles. The maximum atomic E-state index is 12.8. The molecule has 0 heterocycles. The first-order chi connectivity index (χ1) is 12.3. The van der Waals surface area contributed by atoms with Gasteiger partial charge in [0.05, 0.1) is 12.3 Å². The molecule has 0 aromatic heterocycles. The topological polar surface area (TPSA) is 38.3 Å². The smallest absolute Gasteiger partial charge is 0.228 e. The Hall–Kier alpha value is -2.03. The van der Waals surface area contributed by atoms with Crippen LogP contribution in [0.15, 0.2) is 48.6 Å². The summed E-state index contributed by atoms with van der Waals surface area (Å²) in [5, 5.41) is 3.11. The summed E-state index contributed by atoms with van der Waals surface area (Å²) in [6.07, 6.45) is 15.8. The number of amides is 1. The number of carbonyl (C=O) groups excluding carboxylic acids is 1.